The van der Waals surface area contributed by atoms with Crippen LogP contribution in [0.25, 0.3) is 0 Å². The molecule has 4 atom stereocenters. The smallest absolute Gasteiger partial charge is 0.222 e. The summed E-state index contributed by atoms with van der Waals surface area (Å²) in [6.07, 6.45) is 8.40. The number of nitrogens with two attached hydrogens (primary N) is 1. The molecule has 5 heteroatoms. The summed E-state index contributed by atoms with van der Waals surface area (Å²) in [5.41, 5.74) is 6.12. The van der Waals surface area contributed by atoms with Gasteiger partial charge in [-0.2, -0.15) is 0 Å². The maximum Gasteiger partial charge on any atom is 0.222 e. The second-order valence-corrected chi connectivity index (χ2v) is 8.69. The van der Waals surface area contributed by atoms with Crippen LogP contribution in [0.2, 0.25) is 0 Å². The van der Waals surface area contributed by atoms with Gasteiger partial charge < -0.3 is 15.4 Å². The van der Waals surface area contributed by atoms with Crippen molar-refractivity contribution in [1.29, 1.82) is 0 Å². The number of hydrogen-bond donors (Lipinski definition) is 1. The predicted octanol–water partition coefficient (Wildman–Crippen LogP) is 2.24. The molecule has 0 bridgehead atoms. The first-order valence-electron chi connectivity index (χ1n) is 10.4. The van der Waals surface area contributed by atoms with E-state index in [9.17, 15) is 4.79 Å². The Morgan fingerprint density at radius 3 is 2.36 bits per heavy atom. The first-order valence-corrected chi connectivity index (χ1v) is 10.4. The van der Waals surface area contributed by atoms with Gasteiger partial charge in [0.15, 0.2) is 0 Å². The number of piperidine rings is 1. The fourth-order valence-corrected chi connectivity index (χ4v) is 4.98. The zero-order chi connectivity index (χ0) is 17.8. The van der Waals surface area contributed by atoms with E-state index in [1.165, 1.54) is 19.4 Å². The lowest BCUT2D eigenvalue weighted by Crippen LogP contribution is -2.46. The highest BCUT2D eigenvalue weighted by molar-refractivity contribution is 5.76. The number of likely N-dealkylation sites (tertiary alicyclic amines) is 1. The molecule has 0 spiro atoms. The molecule has 2 aliphatic heterocycles. The highest BCUT2D eigenvalue weighted by atomic mass is 16.5. The van der Waals surface area contributed by atoms with Crippen molar-refractivity contribution in [2.45, 2.75) is 77.0 Å². The van der Waals surface area contributed by atoms with Gasteiger partial charge in [-0.25, -0.2) is 0 Å². The summed E-state index contributed by atoms with van der Waals surface area (Å²) in [4.78, 5) is 17.2. The summed E-state index contributed by atoms with van der Waals surface area (Å²) in [6, 6.07) is 0.250. The molecule has 1 amide bonds. The second-order valence-electron chi connectivity index (χ2n) is 8.69. The second kappa shape index (κ2) is 8.83. The van der Waals surface area contributed by atoms with E-state index in [1.807, 2.05) is 0 Å². The van der Waals surface area contributed by atoms with E-state index in [-0.39, 0.29) is 6.04 Å². The average Bonchev–Trinajstić information content (AvgIpc) is 2.97. The largest absolute Gasteiger partial charge is 0.373 e. The Morgan fingerprint density at radius 2 is 1.76 bits per heavy atom. The Balaban J connectivity index is 1.35. The minimum absolute atomic E-state index is 0.250. The van der Waals surface area contributed by atoms with Crippen molar-refractivity contribution in [2.24, 2.45) is 17.6 Å². The Hall–Kier alpha value is -0.650. The fourth-order valence-electron chi connectivity index (χ4n) is 4.98. The van der Waals surface area contributed by atoms with E-state index >= 15 is 0 Å². The minimum Gasteiger partial charge on any atom is -0.373 e. The normalized spacial score (nSPS) is 35.2. The number of carbonyl (C=O) groups excluding carboxylic acids is 1. The predicted molar refractivity (Wildman–Crippen MR) is 100 cm³/mol. The van der Waals surface area contributed by atoms with Crippen molar-refractivity contribution in [3.8, 4) is 0 Å². The van der Waals surface area contributed by atoms with Gasteiger partial charge in [0.1, 0.15) is 0 Å². The van der Waals surface area contributed by atoms with Gasteiger partial charge in [0, 0.05) is 38.6 Å². The highest BCUT2D eigenvalue weighted by Crippen LogP contribution is 2.29. The zero-order valence-electron chi connectivity index (χ0n) is 16.2. The van der Waals surface area contributed by atoms with E-state index < -0.39 is 0 Å². The molecular weight excluding hydrogens is 314 g/mol. The average molecular weight is 352 g/mol. The van der Waals surface area contributed by atoms with Gasteiger partial charge in [-0.15, -0.1) is 0 Å². The maximum atomic E-state index is 12.5. The molecule has 2 saturated heterocycles. The summed E-state index contributed by atoms with van der Waals surface area (Å²) < 4.78 is 5.82. The van der Waals surface area contributed by atoms with Crippen LogP contribution >= 0.6 is 0 Å². The molecule has 3 rings (SSSR count). The summed E-state index contributed by atoms with van der Waals surface area (Å²) in [7, 11) is 0. The molecule has 0 radical (unpaired) electrons. The van der Waals surface area contributed by atoms with Crippen molar-refractivity contribution in [1.82, 2.24) is 9.80 Å². The molecule has 5 nitrogen and oxygen atoms in total. The lowest BCUT2D eigenvalue weighted by Gasteiger charge is -2.37. The van der Waals surface area contributed by atoms with Crippen LogP contribution in [0.5, 0.6) is 0 Å². The Bertz CT molecular complexity index is 427. The molecule has 2 heterocycles. The van der Waals surface area contributed by atoms with Crippen LogP contribution < -0.4 is 5.73 Å². The molecule has 144 valence electrons. The number of amides is 1. The zero-order valence-corrected chi connectivity index (χ0v) is 16.2. The number of hydrogen-bond acceptors (Lipinski definition) is 4. The van der Waals surface area contributed by atoms with Gasteiger partial charge in [0.25, 0.3) is 0 Å². The molecule has 1 saturated carbocycles. The van der Waals surface area contributed by atoms with Crippen molar-refractivity contribution in [2.75, 3.05) is 32.7 Å². The Labute approximate surface area is 153 Å². The van der Waals surface area contributed by atoms with E-state index in [0.717, 1.165) is 57.8 Å². The van der Waals surface area contributed by atoms with Crippen LogP contribution in [-0.4, -0.2) is 66.7 Å². The highest BCUT2D eigenvalue weighted by Gasteiger charge is 2.30. The molecule has 1 aliphatic carbocycles. The molecule has 0 aromatic heterocycles. The lowest BCUT2D eigenvalue weighted by atomic mass is 9.92. The van der Waals surface area contributed by atoms with Crippen molar-refractivity contribution in [3.63, 3.8) is 0 Å². The lowest BCUT2D eigenvalue weighted by molar-refractivity contribution is -0.133. The van der Waals surface area contributed by atoms with Crippen molar-refractivity contribution >= 4 is 5.91 Å². The van der Waals surface area contributed by atoms with Crippen molar-refractivity contribution in [3.05, 3.63) is 0 Å². The van der Waals surface area contributed by atoms with Gasteiger partial charge >= 0.3 is 0 Å². The third-order valence-corrected chi connectivity index (χ3v) is 6.47. The summed E-state index contributed by atoms with van der Waals surface area (Å²) in [5.74, 6) is 1.54. The third kappa shape index (κ3) is 5.41. The first-order chi connectivity index (χ1) is 12.0. The summed E-state index contributed by atoms with van der Waals surface area (Å²) in [6.45, 7) is 9.52. The molecule has 0 aromatic rings. The molecule has 2 unspecified atom stereocenters. The van der Waals surface area contributed by atoms with Gasteiger partial charge in [-0.1, -0.05) is 6.42 Å². The topological polar surface area (TPSA) is 58.8 Å². The van der Waals surface area contributed by atoms with Gasteiger partial charge in [-0.3, -0.25) is 9.69 Å². The quantitative estimate of drug-likeness (QED) is 0.825. The van der Waals surface area contributed by atoms with E-state index in [2.05, 4.69) is 23.6 Å². The van der Waals surface area contributed by atoms with Crippen LogP contribution in [-0.2, 0) is 9.53 Å². The van der Waals surface area contributed by atoms with Gasteiger partial charge in [0.2, 0.25) is 5.91 Å². The van der Waals surface area contributed by atoms with E-state index in [0.29, 0.717) is 30.5 Å². The minimum atomic E-state index is 0.250. The molecule has 3 aliphatic rings. The number of morpholine rings is 1. The fraction of sp³-hybridized carbons (Fsp3) is 0.950. The van der Waals surface area contributed by atoms with Crippen LogP contribution in [0.3, 0.4) is 0 Å². The summed E-state index contributed by atoms with van der Waals surface area (Å²) >= 11 is 0. The maximum absolute atomic E-state index is 12.5. The third-order valence-electron chi connectivity index (χ3n) is 6.47. The molecule has 0 aromatic carbocycles. The van der Waals surface area contributed by atoms with Gasteiger partial charge in [-0.05, 0) is 64.3 Å². The van der Waals surface area contributed by atoms with E-state index in [1.54, 1.807) is 0 Å². The number of carbonyl (C=O) groups is 1. The Kier molecular flexibility index (Phi) is 6.75. The first kappa shape index (κ1) is 19.1. The molecular formula is C20H37N3O2. The SMILES string of the molecule is CC1CN(CCC2CCN(C(=O)C[C@@H]3CCC[C@H]3N)CC2)CC(C)O1. The number of rotatable bonds is 5. The number of ether oxygens (including phenoxy) is 1. The molecule has 3 fully saturated rings. The monoisotopic (exact) mass is 351 g/mol. The molecule has 2 N–H and O–H groups in total. The van der Waals surface area contributed by atoms with Gasteiger partial charge in [0.05, 0.1) is 12.2 Å². The molecule has 25 heavy (non-hydrogen) atoms. The number of nitrogens with zero attached hydrogens (tertiary/aromatic N) is 2. The Morgan fingerprint density at radius 1 is 1.08 bits per heavy atom. The standard InChI is InChI=1S/C20H37N3O2/c1-15-13-22(14-16(2)25-15)9-6-17-7-10-23(11-8-17)20(24)12-18-4-3-5-19(18)21/h15-19H,3-14,21H2,1-2H3/t15?,16?,18-,19+/m0/s1. The van der Waals surface area contributed by atoms with Crippen molar-refractivity contribution < 1.29 is 9.53 Å². The van der Waals surface area contributed by atoms with Crippen LogP contribution in [0.15, 0.2) is 0 Å². The van der Waals surface area contributed by atoms with Crippen LogP contribution in [0.4, 0.5) is 0 Å². The van der Waals surface area contributed by atoms with Crippen LogP contribution in [0, 0.1) is 11.8 Å². The summed E-state index contributed by atoms with van der Waals surface area (Å²) in [5, 5.41) is 0. The van der Waals surface area contributed by atoms with Crippen LogP contribution in [0.1, 0.15) is 58.8 Å². The van der Waals surface area contributed by atoms with E-state index in [4.69, 9.17) is 10.5 Å².